The van der Waals surface area contributed by atoms with Crippen molar-refractivity contribution in [2.45, 2.75) is 52.0 Å². The van der Waals surface area contributed by atoms with Crippen LogP contribution in [0, 0.1) is 5.92 Å². The maximum atomic E-state index is 12.4. The van der Waals surface area contributed by atoms with Gasteiger partial charge in [-0.1, -0.05) is 13.0 Å². The molecule has 26 heavy (non-hydrogen) atoms. The van der Waals surface area contributed by atoms with E-state index in [0.29, 0.717) is 12.6 Å². The Hall–Kier alpha value is -2.11. The SMILES string of the molecule is CCNC(=NCC(=O)N(C)CCc1ccccn1)NC1CCC(C)CC1. The molecule has 0 spiro atoms. The van der Waals surface area contributed by atoms with Gasteiger partial charge in [0.25, 0.3) is 0 Å². The Morgan fingerprint density at radius 1 is 1.31 bits per heavy atom. The smallest absolute Gasteiger partial charge is 0.244 e. The lowest BCUT2D eigenvalue weighted by molar-refractivity contribution is -0.128. The molecule has 1 amide bonds. The number of pyridine rings is 1. The molecule has 144 valence electrons. The number of aromatic nitrogens is 1. The summed E-state index contributed by atoms with van der Waals surface area (Å²) >= 11 is 0. The zero-order chi connectivity index (χ0) is 18.8. The summed E-state index contributed by atoms with van der Waals surface area (Å²) < 4.78 is 0. The number of hydrogen-bond donors (Lipinski definition) is 2. The Morgan fingerprint density at radius 2 is 2.08 bits per heavy atom. The van der Waals surface area contributed by atoms with Crippen molar-refractivity contribution in [3.05, 3.63) is 30.1 Å². The first-order valence-corrected chi connectivity index (χ1v) is 9.77. The topological polar surface area (TPSA) is 69.6 Å². The van der Waals surface area contributed by atoms with Crippen LogP contribution in [0.25, 0.3) is 0 Å². The van der Waals surface area contributed by atoms with Crippen molar-refractivity contribution in [1.29, 1.82) is 0 Å². The highest BCUT2D eigenvalue weighted by atomic mass is 16.2. The van der Waals surface area contributed by atoms with E-state index in [0.717, 1.165) is 30.5 Å². The fraction of sp³-hybridized carbons (Fsp3) is 0.650. The van der Waals surface area contributed by atoms with Gasteiger partial charge in [-0.25, -0.2) is 4.99 Å². The molecular weight excluding hydrogens is 326 g/mol. The second kappa shape index (κ2) is 10.8. The lowest BCUT2D eigenvalue weighted by atomic mass is 9.87. The van der Waals surface area contributed by atoms with Crippen LogP contribution in [0.1, 0.15) is 45.2 Å². The molecule has 0 aromatic carbocycles. The van der Waals surface area contributed by atoms with Crippen LogP contribution in [0.15, 0.2) is 29.4 Å². The van der Waals surface area contributed by atoms with E-state index in [2.05, 4.69) is 27.5 Å². The molecule has 1 fully saturated rings. The van der Waals surface area contributed by atoms with E-state index in [1.165, 1.54) is 25.7 Å². The quantitative estimate of drug-likeness (QED) is 0.578. The van der Waals surface area contributed by atoms with E-state index < -0.39 is 0 Å². The number of rotatable bonds is 7. The number of guanidine groups is 1. The average Bonchev–Trinajstić information content (AvgIpc) is 2.66. The summed E-state index contributed by atoms with van der Waals surface area (Å²) in [5.41, 5.74) is 0.997. The molecule has 0 bridgehead atoms. The summed E-state index contributed by atoms with van der Waals surface area (Å²) in [7, 11) is 1.82. The van der Waals surface area contributed by atoms with E-state index in [1.807, 2.05) is 32.2 Å². The van der Waals surface area contributed by atoms with Gasteiger partial charge in [0, 0.05) is 44.5 Å². The molecule has 2 N–H and O–H groups in total. The highest BCUT2D eigenvalue weighted by molar-refractivity contribution is 5.85. The molecule has 1 aliphatic carbocycles. The zero-order valence-electron chi connectivity index (χ0n) is 16.4. The van der Waals surface area contributed by atoms with Crippen LogP contribution in [0.3, 0.4) is 0 Å². The first kappa shape index (κ1) is 20.2. The predicted octanol–water partition coefficient (Wildman–Crippen LogP) is 2.22. The van der Waals surface area contributed by atoms with Gasteiger partial charge in [-0.2, -0.15) is 0 Å². The van der Waals surface area contributed by atoms with Gasteiger partial charge in [0.05, 0.1) is 0 Å². The highest BCUT2D eigenvalue weighted by Gasteiger charge is 2.19. The van der Waals surface area contributed by atoms with Gasteiger partial charge in [0.2, 0.25) is 5.91 Å². The van der Waals surface area contributed by atoms with Crippen molar-refractivity contribution in [2.24, 2.45) is 10.9 Å². The first-order valence-electron chi connectivity index (χ1n) is 9.77. The molecule has 1 saturated carbocycles. The predicted molar refractivity (Wildman–Crippen MR) is 106 cm³/mol. The Labute approximate surface area is 157 Å². The number of nitrogens with zero attached hydrogens (tertiary/aromatic N) is 3. The van der Waals surface area contributed by atoms with Crippen molar-refractivity contribution in [3.63, 3.8) is 0 Å². The molecule has 1 aromatic rings. The second-order valence-electron chi connectivity index (χ2n) is 7.18. The first-order chi connectivity index (χ1) is 12.6. The molecule has 0 atom stereocenters. The van der Waals surface area contributed by atoms with Gasteiger partial charge < -0.3 is 15.5 Å². The summed E-state index contributed by atoms with van der Waals surface area (Å²) in [4.78, 5) is 22.9. The highest BCUT2D eigenvalue weighted by Crippen LogP contribution is 2.23. The van der Waals surface area contributed by atoms with Crippen molar-refractivity contribution in [3.8, 4) is 0 Å². The maximum Gasteiger partial charge on any atom is 0.244 e. The van der Waals surface area contributed by atoms with Crippen molar-refractivity contribution >= 4 is 11.9 Å². The third kappa shape index (κ3) is 7.02. The van der Waals surface area contributed by atoms with Gasteiger partial charge in [-0.3, -0.25) is 9.78 Å². The molecule has 0 aliphatic heterocycles. The number of likely N-dealkylation sites (N-methyl/N-ethyl adjacent to an activating group) is 1. The van der Waals surface area contributed by atoms with Crippen LogP contribution < -0.4 is 10.6 Å². The maximum absolute atomic E-state index is 12.4. The number of amides is 1. The number of carbonyl (C=O) groups excluding carboxylic acids is 1. The average molecular weight is 360 g/mol. The fourth-order valence-corrected chi connectivity index (χ4v) is 3.14. The Morgan fingerprint density at radius 3 is 2.73 bits per heavy atom. The number of nitrogens with one attached hydrogen (secondary N) is 2. The molecule has 1 aliphatic rings. The van der Waals surface area contributed by atoms with Crippen molar-refractivity contribution < 1.29 is 4.79 Å². The van der Waals surface area contributed by atoms with Crippen molar-refractivity contribution in [1.82, 2.24) is 20.5 Å². The second-order valence-corrected chi connectivity index (χ2v) is 7.18. The number of aliphatic imine (C=N–C) groups is 1. The zero-order valence-corrected chi connectivity index (χ0v) is 16.4. The van der Waals surface area contributed by atoms with Crippen LogP contribution in [0.2, 0.25) is 0 Å². The van der Waals surface area contributed by atoms with Crippen LogP contribution in [-0.2, 0) is 11.2 Å². The van der Waals surface area contributed by atoms with Gasteiger partial charge in [-0.15, -0.1) is 0 Å². The minimum Gasteiger partial charge on any atom is -0.357 e. The summed E-state index contributed by atoms with van der Waals surface area (Å²) in [6.45, 7) is 5.96. The molecule has 0 unspecified atom stereocenters. The molecule has 6 heteroatoms. The molecular formula is C20H33N5O. The third-order valence-corrected chi connectivity index (χ3v) is 4.93. The molecule has 6 nitrogen and oxygen atoms in total. The van der Waals surface area contributed by atoms with Crippen LogP contribution in [0.4, 0.5) is 0 Å². The molecule has 1 aromatic heterocycles. The van der Waals surface area contributed by atoms with E-state index >= 15 is 0 Å². The molecule has 1 heterocycles. The van der Waals surface area contributed by atoms with E-state index in [1.54, 1.807) is 11.1 Å². The Kier molecular flexibility index (Phi) is 8.38. The van der Waals surface area contributed by atoms with Gasteiger partial charge in [0.15, 0.2) is 5.96 Å². The molecule has 0 radical (unpaired) electrons. The van der Waals surface area contributed by atoms with Crippen LogP contribution in [-0.4, -0.2) is 54.5 Å². The molecule has 0 saturated heterocycles. The summed E-state index contributed by atoms with van der Waals surface area (Å²) in [5, 5.41) is 6.74. The summed E-state index contributed by atoms with van der Waals surface area (Å²) in [6.07, 6.45) is 7.39. The van der Waals surface area contributed by atoms with Crippen molar-refractivity contribution in [2.75, 3.05) is 26.7 Å². The van der Waals surface area contributed by atoms with Crippen LogP contribution >= 0.6 is 0 Å². The van der Waals surface area contributed by atoms with Crippen LogP contribution in [0.5, 0.6) is 0 Å². The number of carbonyl (C=O) groups is 1. The normalized spacial score (nSPS) is 20.5. The van der Waals surface area contributed by atoms with E-state index in [9.17, 15) is 4.79 Å². The molecule has 2 rings (SSSR count). The van der Waals surface area contributed by atoms with E-state index in [-0.39, 0.29) is 12.5 Å². The summed E-state index contributed by atoms with van der Waals surface area (Å²) in [5.74, 6) is 1.59. The number of hydrogen-bond acceptors (Lipinski definition) is 3. The van der Waals surface area contributed by atoms with E-state index in [4.69, 9.17) is 0 Å². The lowest BCUT2D eigenvalue weighted by Crippen LogP contribution is -2.45. The monoisotopic (exact) mass is 359 g/mol. The largest absolute Gasteiger partial charge is 0.357 e. The standard InChI is InChI=1S/C20H33N5O/c1-4-21-20(24-18-10-8-16(2)9-11-18)23-15-19(26)25(3)14-12-17-7-5-6-13-22-17/h5-7,13,16,18H,4,8-12,14-15H2,1-3H3,(H2,21,23,24). The van der Waals surface area contributed by atoms with Gasteiger partial charge >= 0.3 is 0 Å². The fourth-order valence-electron chi connectivity index (χ4n) is 3.14. The summed E-state index contributed by atoms with van der Waals surface area (Å²) in [6, 6.07) is 6.31. The third-order valence-electron chi connectivity index (χ3n) is 4.93. The minimum absolute atomic E-state index is 0.0235. The Bertz CT molecular complexity index is 567. The lowest BCUT2D eigenvalue weighted by Gasteiger charge is -2.28. The minimum atomic E-state index is 0.0235. The van der Waals surface area contributed by atoms with Gasteiger partial charge in [-0.05, 0) is 50.7 Å². The Balaban J connectivity index is 1.79. The van der Waals surface area contributed by atoms with Gasteiger partial charge in [0.1, 0.15) is 6.54 Å².